The van der Waals surface area contributed by atoms with E-state index in [1.165, 1.54) is 94.4 Å². The van der Waals surface area contributed by atoms with Crippen LogP contribution in [-0.4, -0.2) is 47.5 Å². The van der Waals surface area contributed by atoms with Crippen molar-refractivity contribution in [3.63, 3.8) is 0 Å². The highest BCUT2D eigenvalue weighted by Gasteiger charge is 2.30. The molecule has 41 heavy (non-hydrogen) atoms. The Balaban J connectivity index is 1.77. The summed E-state index contributed by atoms with van der Waals surface area (Å²) in [5.41, 5.74) is 2.26. The first-order valence-electron chi connectivity index (χ1n) is 15.6. The van der Waals surface area contributed by atoms with E-state index in [2.05, 4.69) is 25.1 Å². The van der Waals surface area contributed by atoms with E-state index in [-0.39, 0.29) is 11.0 Å². The summed E-state index contributed by atoms with van der Waals surface area (Å²) in [5, 5.41) is 20.3. The lowest BCUT2D eigenvalue weighted by molar-refractivity contribution is -0.133. The molecule has 0 amide bonds. The second-order valence-corrected chi connectivity index (χ2v) is 13.4. The van der Waals surface area contributed by atoms with Crippen LogP contribution in [0.1, 0.15) is 113 Å². The van der Waals surface area contributed by atoms with Crippen LogP contribution in [0.2, 0.25) is 0 Å². The zero-order valence-corrected chi connectivity index (χ0v) is 26.7. The number of unbranched alkanes of at least 4 members (excludes halogenated alkanes) is 8. The van der Waals surface area contributed by atoms with Gasteiger partial charge in [-0.15, -0.1) is 23.5 Å². The van der Waals surface area contributed by atoms with Crippen LogP contribution < -0.4 is 9.47 Å². The summed E-state index contributed by atoms with van der Waals surface area (Å²) in [5.74, 6) is 1.62. The van der Waals surface area contributed by atoms with Crippen LogP contribution in [0.4, 0.5) is 0 Å². The molecule has 1 fully saturated rings. The summed E-state index contributed by atoms with van der Waals surface area (Å²) >= 11 is 2.84. The highest BCUT2D eigenvalue weighted by Crippen LogP contribution is 2.47. The number of carbonyl (C=O) groups is 1. The van der Waals surface area contributed by atoms with Crippen molar-refractivity contribution in [2.24, 2.45) is 0 Å². The number of carboxylic acid groups (broad SMARTS) is 1. The van der Waals surface area contributed by atoms with E-state index >= 15 is 0 Å². The molecule has 3 rings (SSSR count). The van der Waals surface area contributed by atoms with Gasteiger partial charge in [-0.05, 0) is 48.9 Å². The van der Waals surface area contributed by atoms with Crippen LogP contribution in [0.15, 0.2) is 47.4 Å². The van der Waals surface area contributed by atoms with Gasteiger partial charge in [-0.25, -0.2) is 0 Å². The third-order valence-electron chi connectivity index (χ3n) is 7.84. The first-order valence-corrected chi connectivity index (χ1v) is 17.6. The van der Waals surface area contributed by atoms with Gasteiger partial charge in [-0.3, -0.25) is 4.79 Å². The van der Waals surface area contributed by atoms with E-state index in [0.29, 0.717) is 18.3 Å². The van der Waals surface area contributed by atoms with Crippen LogP contribution in [0.5, 0.6) is 11.5 Å². The van der Waals surface area contributed by atoms with E-state index in [1.807, 2.05) is 24.3 Å². The normalized spacial score (nSPS) is 15.1. The number of carboxylic acids is 1. The summed E-state index contributed by atoms with van der Waals surface area (Å²) in [4.78, 5) is 12.2. The number of aliphatic hydroxyl groups is 1. The van der Waals surface area contributed by atoms with Gasteiger partial charge in [0.2, 0.25) is 0 Å². The molecule has 2 atom stereocenters. The lowest BCUT2D eigenvalue weighted by Gasteiger charge is -2.27. The highest BCUT2D eigenvalue weighted by molar-refractivity contribution is 8.00. The molecular formula is C34H50O5S2. The number of para-hydroxylation sites is 1. The Morgan fingerprint density at radius 1 is 0.976 bits per heavy atom. The Morgan fingerprint density at radius 3 is 2.34 bits per heavy atom. The van der Waals surface area contributed by atoms with Crippen molar-refractivity contribution < 1.29 is 24.5 Å². The molecule has 1 aliphatic carbocycles. The second-order valence-electron chi connectivity index (χ2n) is 11.1. The highest BCUT2D eigenvalue weighted by atomic mass is 32.2. The molecule has 2 N–H and O–H groups in total. The van der Waals surface area contributed by atoms with Gasteiger partial charge in [0.25, 0.3) is 0 Å². The predicted octanol–water partition coefficient (Wildman–Crippen LogP) is 9.27. The zero-order valence-electron chi connectivity index (χ0n) is 25.0. The van der Waals surface area contributed by atoms with Gasteiger partial charge < -0.3 is 19.7 Å². The largest absolute Gasteiger partial charge is 0.497 e. The SMILES string of the molecule is CCCCCCCCCCCOc1c(C2CCCC2)cccc1C(Sc1cccc(OC)c1)C(O)CSCC(=O)O. The number of hydrogen-bond donors (Lipinski definition) is 2. The third-order valence-corrected chi connectivity index (χ3v) is 10.2. The van der Waals surface area contributed by atoms with Crippen molar-refractivity contribution in [2.75, 3.05) is 25.2 Å². The van der Waals surface area contributed by atoms with Crippen LogP contribution >= 0.6 is 23.5 Å². The number of hydrogen-bond acceptors (Lipinski definition) is 6. The maximum atomic E-state index is 11.5. The Hall–Kier alpha value is -1.83. The molecule has 0 spiro atoms. The molecule has 0 bridgehead atoms. The fourth-order valence-corrected chi connectivity index (χ4v) is 7.68. The van der Waals surface area contributed by atoms with Gasteiger partial charge in [-0.1, -0.05) is 95.4 Å². The van der Waals surface area contributed by atoms with Crippen molar-refractivity contribution in [1.29, 1.82) is 0 Å². The molecule has 2 aromatic rings. The Labute approximate surface area is 256 Å². The van der Waals surface area contributed by atoms with Gasteiger partial charge in [0.05, 0.1) is 30.8 Å². The number of rotatable bonds is 21. The molecule has 0 aromatic heterocycles. The van der Waals surface area contributed by atoms with E-state index in [4.69, 9.17) is 14.6 Å². The molecule has 5 nitrogen and oxygen atoms in total. The summed E-state index contributed by atoms with van der Waals surface area (Å²) in [7, 11) is 1.65. The van der Waals surface area contributed by atoms with Gasteiger partial charge in [-0.2, -0.15) is 0 Å². The fraction of sp³-hybridized carbons (Fsp3) is 0.618. The molecule has 228 valence electrons. The van der Waals surface area contributed by atoms with Crippen molar-refractivity contribution in [3.8, 4) is 11.5 Å². The summed E-state index contributed by atoms with van der Waals surface area (Å²) in [6, 6.07) is 14.3. The van der Waals surface area contributed by atoms with E-state index < -0.39 is 12.1 Å². The van der Waals surface area contributed by atoms with E-state index in [9.17, 15) is 9.90 Å². The Bertz CT molecular complexity index is 1020. The lowest BCUT2D eigenvalue weighted by Crippen LogP contribution is -2.21. The first kappa shape index (κ1) is 33.7. The average Bonchev–Trinajstić information content (AvgIpc) is 3.52. The first-order chi connectivity index (χ1) is 20.0. The number of benzene rings is 2. The standard InChI is InChI=1S/C34H50O5S2/c1-3-4-5-6-7-8-9-10-13-22-39-33-29(26-16-11-12-17-26)20-15-21-30(33)34(31(35)24-40-25-32(36)37)41-28-19-14-18-27(23-28)38-2/h14-15,18-21,23,26,31,34-35H,3-13,16-17,22,24-25H2,1-2H3,(H,36,37). The monoisotopic (exact) mass is 602 g/mol. The number of aliphatic carboxylic acids is 1. The molecule has 0 heterocycles. The maximum absolute atomic E-state index is 11.5. The number of methoxy groups -OCH3 is 1. The molecule has 1 saturated carbocycles. The molecule has 2 aromatic carbocycles. The van der Waals surface area contributed by atoms with E-state index in [0.717, 1.165) is 28.4 Å². The number of thioether (sulfide) groups is 2. The number of ether oxygens (including phenoxy) is 2. The maximum Gasteiger partial charge on any atom is 0.313 e. The topological polar surface area (TPSA) is 76.0 Å². The smallest absolute Gasteiger partial charge is 0.313 e. The Morgan fingerprint density at radius 2 is 1.66 bits per heavy atom. The van der Waals surface area contributed by atoms with Crippen LogP contribution in [0.25, 0.3) is 0 Å². The molecule has 1 aliphatic rings. The minimum absolute atomic E-state index is 0.0301. The van der Waals surface area contributed by atoms with Crippen LogP contribution in [0, 0.1) is 0 Å². The second kappa shape index (κ2) is 19.4. The van der Waals surface area contributed by atoms with Gasteiger partial charge in [0, 0.05) is 16.2 Å². The van der Waals surface area contributed by atoms with Crippen molar-refractivity contribution in [2.45, 2.75) is 113 Å². The summed E-state index contributed by atoms with van der Waals surface area (Å²) in [6.07, 6.45) is 15.5. The van der Waals surface area contributed by atoms with Crippen molar-refractivity contribution in [1.82, 2.24) is 0 Å². The van der Waals surface area contributed by atoms with Crippen LogP contribution in [0.3, 0.4) is 0 Å². The summed E-state index contributed by atoms with van der Waals surface area (Å²) < 4.78 is 12.1. The molecule has 7 heteroatoms. The third kappa shape index (κ3) is 11.8. The van der Waals surface area contributed by atoms with Gasteiger partial charge >= 0.3 is 5.97 Å². The zero-order chi connectivity index (χ0) is 29.3. The molecule has 2 unspecified atom stereocenters. The molecular weight excluding hydrogens is 553 g/mol. The molecule has 0 radical (unpaired) electrons. The van der Waals surface area contributed by atoms with E-state index in [1.54, 1.807) is 18.9 Å². The summed E-state index contributed by atoms with van der Waals surface area (Å²) in [6.45, 7) is 2.93. The minimum Gasteiger partial charge on any atom is -0.497 e. The molecule has 0 saturated heterocycles. The quantitative estimate of drug-likeness (QED) is 0.109. The lowest BCUT2D eigenvalue weighted by atomic mass is 9.93. The van der Waals surface area contributed by atoms with Crippen molar-refractivity contribution in [3.05, 3.63) is 53.6 Å². The number of aliphatic hydroxyl groups excluding tert-OH is 1. The minimum atomic E-state index is -0.868. The van der Waals surface area contributed by atoms with Gasteiger partial charge in [0.15, 0.2) is 0 Å². The van der Waals surface area contributed by atoms with Crippen LogP contribution in [-0.2, 0) is 4.79 Å². The fourth-order valence-electron chi connectivity index (χ4n) is 5.63. The predicted molar refractivity (Wildman–Crippen MR) is 173 cm³/mol. The molecule has 0 aliphatic heterocycles. The van der Waals surface area contributed by atoms with Gasteiger partial charge in [0.1, 0.15) is 11.5 Å². The average molecular weight is 603 g/mol. The Kier molecular flexibility index (Phi) is 15.9. The van der Waals surface area contributed by atoms with Crippen molar-refractivity contribution >= 4 is 29.5 Å².